The van der Waals surface area contributed by atoms with Gasteiger partial charge in [-0.15, -0.1) is 23.7 Å². The van der Waals surface area contributed by atoms with E-state index in [0.29, 0.717) is 0 Å². The molecule has 0 radical (unpaired) electrons. The first-order valence-corrected chi connectivity index (χ1v) is 8.67. The fourth-order valence-electron chi connectivity index (χ4n) is 3.28. The van der Waals surface area contributed by atoms with Crippen molar-refractivity contribution in [3.63, 3.8) is 0 Å². The summed E-state index contributed by atoms with van der Waals surface area (Å²) in [5, 5.41) is 5.86. The van der Waals surface area contributed by atoms with Crippen molar-refractivity contribution in [3.8, 4) is 0 Å². The second-order valence-corrected chi connectivity index (χ2v) is 7.46. The normalized spacial score (nSPS) is 25.4. The molecule has 19 heavy (non-hydrogen) atoms. The predicted molar refractivity (Wildman–Crippen MR) is 88.3 cm³/mol. The van der Waals surface area contributed by atoms with Gasteiger partial charge >= 0.3 is 0 Å². The SMILES string of the molecule is Brc1csc(CN2CCC(C3CCCN3)CC2)c1.Cl. The largest absolute Gasteiger partial charge is 0.314 e. The number of rotatable bonds is 3. The lowest BCUT2D eigenvalue weighted by atomic mass is 9.88. The molecule has 3 heterocycles. The fraction of sp³-hybridized carbons (Fsp3) is 0.714. The molecule has 0 amide bonds. The Bertz CT molecular complexity index is 385. The first kappa shape index (κ1) is 15.8. The van der Waals surface area contributed by atoms with Crippen LogP contribution in [0.3, 0.4) is 0 Å². The molecule has 1 aromatic heterocycles. The van der Waals surface area contributed by atoms with Gasteiger partial charge in [-0.3, -0.25) is 4.90 Å². The molecule has 2 aliphatic heterocycles. The summed E-state index contributed by atoms with van der Waals surface area (Å²) in [4.78, 5) is 4.10. The number of halogens is 2. The molecule has 1 unspecified atom stereocenters. The van der Waals surface area contributed by atoms with Crippen molar-refractivity contribution >= 4 is 39.7 Å². The van der Waals surface area contributed by atoms with Gasteiger partial charge in [-0.1, -0.05) is 0 Å². The lowest BCUT2D eigenvalue weighted by Crippen LogP contribution is -2.40. The summed E-state index contributed by atoms with van der Waals surface area (Å²) in [5.41, 5.74) is 0. The Labute approximate surface area is 134 Å². The number of likely N-dealkylation sites (tertiary alicyclic amines) is 1. The summed E-state index contributed by atoms with van der Waals surface area (Å²) in [7, 11) is 0. The van der Waals surface area contributed by atoms with Gasteiger partial charge in [0.05, 0.1) is 0 Å². The molecule has 0 aliphatic carbocycles. The van der Waals surface area contributed by atoms with Crippen LogP contribution < -0.4 is 5.32 Å². The third-order valence-corrected chi connectivity index (χ3v) is 5.98. The molecule has 0 bridgehead atoms. The zero-order valence-electron chi connectivity index (χ0n) is 11.1. The van der Waals surface area contributed by atoms with Crippen molar-refractivity contribution < 1.29 is 0 Å². The molecule has 1 N–H and O–H groups in total. The summed E-state index contributed by atoms with van der Waals surface area (Å²) in [5.74, 6) is 0.929. The maximum atomic E-state index is 3.67. The van der Waals surface area contributed by atoms with Crippen LogP contribution in [0, 0.1) is 5.92 Å². The zero-order valence-corrected chi connectivity index (χ0v) is 14.3. The first-order valence-electron chi connectivity index (χ1n) is 7.00. The van der Waals surface area contributed by atoms with Crippen molar-refractivity contribution in [2.24, 2.45) is 5.92 Å². The van der Waals surface area contributed by atoms with E-state index in [2.05, 4.69) is 37.6 Å². The van der Waals surface area contributed by atoms with E-state index >= 15 is 0 Å². The smallest absolute Gasteiger partial charge is 0.0328 e. The third-order valence-electron chi connectivity index (χ3n) is 4.30. The quantitative estimate of drug-likeness (QED) is 0.874. The van der Waals surface area contributed by atoms with Gasteiger partial charge in [0.1, 0.15) is 0 Å². The minimum atomic E-state index is 0. The Morgan fingerprint density at radius 2 is 2.11 bits per heavy atom. The highest BCUT2D eigenvalue weighted by molar-refractivity contribution is 9.10. The highest BCUT2D eigenvalue weighted by Crippen LogP contribution is 2.27. The Morgan fingerprint density at radius 3 is 2.68 bits per heavy atom. The number of hydrogen-bond donors (Lipinski definition) is 1. The van der Waals surface area contributed by atoms with Gasteiger partial charge < -0.3 is 5.32 Å². The second kappa shape index (κ2) is 7.41. The van der Waals surface area contributed by atoms with Crippen molar-refractivity contribution in [1.82, 2.24) is 10.2 Å². The van der Waals surface area contributed by atoms with Crippen LogP contribution in [0.2, 0.25) is 0 Å². The lowest BCUT2D eigenvalue weighted by Gasteiger charge is -2.34. The number of hydrogen-bond acceptors (Lipinski definition) is 3. The van der Waals surface area contributed by atoms with E-state index in [0.717, 1.165) is 18.5 Å². The number of piperidine rings is 1. The van der Waals surface area contributed by atoms with Crippen molar-refractivity contribution in [2.45, 2.75) is 38.3 Å². The molecule has 3 rings (SSSR count). The minimum Gasteiger partial charge on any atom is -0.314 e. The number of nitrogens with one attached hydrogen (secondary N) is 1. The first-order chi connectivity index (χ1) is 8.81. The standard InChI is InChI=1S/C14H21BrN2S.ClH/c15-12-8-13(18-10-12)9-17-6-3-11(4-7-17)14-2-1-5-16-14;/h8,10-11,14,16H,1-7,9H2;1H. The maximum absolute atomic E-state index is 3.67. The topological polar surface area (TPSA) is 15.3 Å². The highest BCUT2D eigenvalue weighted by Gasteiger charge is 2.28. The molecule has 2 nitrogen and oxygen atoms in total. The summed E-state index contributed by atoms with van der Waals surface area (Å²) < 4.78 is 1.23. The number of thiophene rings is 1. The van der Waals surface area contributed by atoms with Gasteiger partial charge in [0.25, 0.3) is 0 Å². The van der Waals surface area contributed by atoms with Crippen LogP contribution in [-0.4, -0.2) is 30.6 Å². The van der Waals surface area contributed by atoms with Crippen molar-refractivity contribution in [3.05, 3.63) is 20.8 Å². The van der Waals surface area contributed by atoms with Gasteiger partial charge in [0.15, 0.2) is 0 Å². The van der Waals surface area contributed by atoms with Crippen LogP contribution in [0.4, 0.5) is 0 Å². The van der Waals surface area contributed by atoms with E-state index in [4.69, 9.17) is 0 Å². The third kappa shape index (κ3) is 4.18. The second-order valence-electron chi connectivity index (χ2n) is 5.55. The molecule has 5 heteroatoms. The van der Waals surface area contributed by atoms with E-state index in [1.165, 1.54) is 54.7 Å². The monoisotopic (exact) mass is 364 g/mol. The lowest BCUT2D eigenvalue weighted by molar-refractivity contribution is 0.158. The summed E-state index contributed by atoms with van der Waals surface area (Å²) in [6.07, 6.45) is 5.55. The van der Waals surface area contributed by atoms with Crippen LogP contribution in [0.15, 0.2) is 15.9 Å². The van der Waals surface area contributed by atoms with E-state index in [1.807, 2.05) is 11.3 Å². The fourth-order valence-corrected chi connectivity index (χ4v) is 4.78. The van der Waals surface area contributed by atoms with Crippen LogP contribution in [-0.2, 0) is 6.54 Å². The molecule has 1 aromatic rings. The molecule has 2 aliphatic rings. The Balaban J connectivity index is 0.00000133. The average Bonchev–Trinajstić information content (AvgIpc) is 3.02. The number of nitrogens with zero attached hydrogens (tertiary/aromatic N) is 1. The van der Waals surface area contributed by atoms with E-state index in [1.54, 1.807) is 0 Å². The predicted octanol–water partition coefficient (Wildman–Crippen LogP) is 3.90. The summed E-state index contributed by atoms with van der Waals surface area (Å²) in [6, 6.07) is 3.08. The average molecular weight is 366 g/mol. The zero-order chi connectivity index (χ0) is 12.4. The van der Waals surface area contributed by atoms with Gasteiger partial charge in [-0.25, -0.2) is 0 Å². The van der Waals surface area contributed by atoms with E-state index in [9.17, 15) is 0 Å². The van der Waals surface area contributed by atoms with Gasteiger partial charge in [0.2, 0.25) is 0 Å². The maximum Gasteiger partial charge on any atom is 0.0328 e. The molecule has 0 saturated carbocycles. The van der Waals surface area contributed by atoms with Crippen LogP contribution in [0.1, 0.15) is 30.6 Å². The summed E-state index contributed by atoms with van der Waals surface area (Å²) in [6.45, 7) is 4.94. The highest BCUT2D eigenvalue weighted by atomic mass is 79.9. The molecule has 2 fully saturated rings. The molecule has 0 aromatic carbocycles. The van der Waals surface area contributed by atoms with Gasteiger partial charge in [-0.05, 0) is 73.2 Å². The van der Waals surface area contributed by atoms with Crippen molar-refractivity contribution in [1.29, 1.82) is 0 Å². The minimum absolute atomic E-state index is 0. The molecule has 1 atom stereocenters. The van der Waals surface area contributed by atoms with Crippen LogP contribution >= 0.6 is 39.7 Å². The molecule has 108 valence electrons. The Kier molecular flexibility index (Phi) is 6.15. The Hall–Kier alpha value is 0.390. The van der Waals surface area contributed by atoms with Gasteiger partial charge in [-0.2, -0.15) is 0 Å². The van der Waals surface area contributed by atoms with Crippen LogP contribution in [0.25, 0.3) is 0 Å². The van der Waals surface area contributed by atoms with Crippen molar-refractivity contribution in [2.75, 3.05) is 19.6 Å². The molecular formula is C14H22BrClN2S. The van der Waals surface area contributed by atoms with Gasteiger partial charge in [0, 0.05) is 27.3 Å². The molecular weight excluding hydrogens is 344 g/mol. The van der Waals surface area contributed by atoms with E-state index in [-0.39, 0.29) is 12.4 Å². The van der Waals surface area contributed by atoms with E-state index < -0.39 is 0 Å². The molecule has 0 spiro atoms. The Morgan fingerprint density at radius 1 is 1.32 bits per heavy atom. The molecule has 2 saturated heterocycles. The van der Waals surface area contributed by atoms with Crippen LogP contribution in [0.5, 0.6) is 0 Å². The summed E-state index contributed by atoms with van der Waals surface area (Å²) >= 11 is 5.40.